The molecule has 6 heteroatoms. The molecule has 0 saturated carbocycles. The fourth-order valence-electron chi connectivity index (χ4n) is 14.2. The van der Waals surface area contributed by atoms with Crippen molar-refractivity contribution in [2.75, 3.05) is 9.80 Å². The highest BCUT2D eigenvalue weighted by Crippen LogP contribution is 2.57. The average molecular weight is 1260 g/mol. The van der Waals surface area contributed by atoms with Crippen LogP contribution in [0.1, 0.15) is 108 Å². The Hall–Kier alpha value is -10.8. The molecule has 96 heavy (non-hydrogen) atoms. The van der Waals surface area contributed by atoms with Gasteiger partial charge in [-0.05, 0) is 159 Å². The van der Waals surface area contributed by atoms with Gasteiger partial charge in [0.2, 0.25) is 0 Å². The van der Waals surface area contributed by atoms with E-state index in [0.29, 0.717) is 78.3 Å². The summed E-state index contributed by atoms with van der Waals surface area (Å²) in [4.78, 5) is 3.83. The Kier molecular flexibility index (Phi) is 9.45. The zero-order chi connectivity index (χ0) is 83.6. The fourth-order valence-corrected chi connectivity index (χ4v) is 14.2. The molecule has 0 saturated heterocycles. The summed E-state index contributed by atoms with van der Waals surface area (Å²) in [5.41, 5.74) is 3.57. The lowest BCUT2D eigenvalue weighted by Gasteiger charge is -2.48. The molecule has 0 aromatic heterocycles. The van der Waals surface area contributed by atoms with Crippen molar-refractivity contribution in [3.05, 3.63) is 301 Å². The van der Waals surface area contributed by atoms with Gasteiger partial charge >= 0.3 is 0 Å². The van der Waals surface area contributed by atoms with E-state index in [4.69, 9.17) is 12.2 Å². The van der Waals surface area contributed by atoms with Gasteiger partial charge in [0.15, 0.2) is 0 Å². The van der Waals surface area contributed by atoms with Gasteiger partial charge in [-0.15, -0.1) is 0 Å². The zero-order valence-electron chi connectivity index (χ0n) is 75.4. The van der Waals surface area contributed by atoms with Gasteiger partial charge in [0.05, 0.1) is 40.2 Å². The van der Waals surface area contributed by atoms with Crippen LogP contribution in [0.15, 0.2) is 285 Å². The number of anilines is 6. The Morgan fingerprint density at radius 1 is 0.302 bits per heavy atom. The summed E-state index contributed by atoms with van der Waals surface area (Å²) >= 11 is 0. The van der Waals surface area contributed by atoms with Crippen molar-refractivity contribution >= 4 is 80.3 Å². The topological polar surface area (TPSA) is 24.9 Å². The number of ether oxygens (including phenoxy) is 2. The molecule has 4 heterocycles. The number of fused-ring (bicyclic) bond motifs is 9. The lowest BCUT2D eigenvalue weighted by atomic mass is 9.30. The Labute approximate surface area is 595 Å². The van der Waals surface area contributed by atoms with Gasteiger partial charge in [-0.25, -0.2) is 0 Å². The first kappa shape index (κ1) is 40.4. The number of rotatable bonds is 8. The maximum absolute atomic E-state index is 11.9. The van der Waals surface area contributed by atoms with Crippen LogP contribution in [0.3, 0.4) is 0 Å². The fraction of sp³-hybridized carbons (Fsp3) is 0.133. The number of para-hydroxylation sites is 2. The molecule has 0 amide bonds. The van der Waals surface area contributed by atoms with E-state index < -0.39 is 190 Å². The summed E-state index contributed by atoms with van der Waals surface area (Å²) in [5, 5.41) is 0. The van der Waals surface area contributed by atoms with Gasteiger partial charge in [-0.2, -0.15) is 0 Å². The van der Waals surface area contributed by atoms with E-state index in [1.165, 1.54) is 0 Å². The molecule has 13 aromatic carbocycles. The van der Waals surface area contributed by atoms with Gasteiger partial charge in [0, 0.05) is 56.5 Å². The van der Waals surface area contributed by atoms with Crippen LogP contribution in [0.25, 0.3) is 66.8 Å². The van der Waals surface area contributed by atoms with Gasteiger partial charge in [-0.1, -0.05) is 286 Å². The first-order valence-electron chi connectivity index (χ1n) is 42.7. The maximum Gasteiger partial charge on any atom is 0.260 e. The Morgan fingerprint density at radius 3 is 1.10 bits per heavy atom. The van der Waals surface area contributed by atoms with Crippen molar-refractivity contribution in [1.29, 1.82) is 0 Å². The normalized spacial score (nSPS) is 16.4. The summed E-state index contributed by atoms with van der Waals surface area (Å²) < 4.78 is 223. The summed E-state index contributed by atoms with van der Waals surface area (Å²) in [6.45, 7) is 15.3. The SMILES string of the molecule is [2H]c1c([2H])c([2H])c(-c2c([2H])c3c(c([2H])c2-c2c([2H])c([2H])c([2H])c([2H])c2[2H])N(c2c(-c4ccccc4)cc(C(C)(C)C)cc2-c2ccccc2)c2cc(C(C)(C)C)cc4c2B3c2c3c5c(c([2H])c2N4c2c(-c4ccccc4)cc(C(C)(C)C)cc2-c2ccccc2)Oc2c([2H])c([2H])c([2H])c([2H])c2B5c2c([2H])c([2H])c([2H])c([2H])c2O3)c([2H])c1[2H]. The van der Waals surface area contributed by atoms with Crippen LogP contribution in [0.4, 0.5) is 34.1 Å². The lowest BCUT2D eigenvalue weighted by Crippen LogP contribution is -2.65. The maximum atomic E-state index is 11.9. The van der Waals surface area contributed by atoms with Crippen molar-refractivity contribution in [1.82, 2.24) is 0 Å². The molecular weight excluding hydrogens is 1160 g/mol. The Bertz CT molecular complexity index is 6350. The van der Waals surface area contributed by atoms with Gasteiger partial charge in [-0.3, -0.25) is 0 Å². The standard InChI is InChI=1S/C90H74B2N2O2/c1-88(2,3)63-48-68(59-36-20-12-21-37-59)85(69(49-63)60-38-22-13-23-39-60)93-75-55-67(58-34-18-11-19-35-58)66(57-32-16-10-17-33-57)54-74(75)92-82-76(93)52-65(90(7,8)9)53-77(82)94(86-70(61-40-24-14-25-41-61)50-64(89(4,5)6)51-71(86)62-42-26-15-27-43-62)78-56-81-84-87(83(78)92)96-80-47-31-29-45-73(80)91(84)72-44-28-30-46-79(72)95-81/h10-56H,1-9H3/i10D,11D,16D,17D,18D,19D,28D,29D,30D,31D,32D,33D,34D,35D,44D,45D,46D,47D,54D,55D,56D. The third kappa shape index (κ3) is 9.66. The van der Waals surface area contributed by atoms with Crippen LogP contribution in [-0.2, 0) is 16.2 Å². The Morgan fingerprint density at radius 2 is 0.677 bits per heavy atom. The number of benzene rings is 13. The van der Waals surface area contributed by atoms with E-state index in [0.717, 1.165) is 11.1 Å². The summed E-state index contributed by atoms with van der Waals surface area (Å²) in [6.07, 6.45) is 0. The van der Waals surface area contributed by atoms with Crippen LogP contribution in [0, 0.1) is 0 Å². The highest BCUT2D eigenvalue weighted by atomic mass is 16.5. The minimum atomic E-state index is -1.70. The zero-order valence-corrected chi connectivity index (χ0v) is 54.4. The van der Waals surface area contributed by atoms with Crippen LogP contribution < -0.4 is 52.1 Å². The smallest absolute Gasteiger partial charge is 0.260 e. The van der Waals surface area contributed by atoms with Crippen LogP contribution in [0.5, 0.6) is 23.0 Å². The van der Waals surface area contributed by atoms with E-state index in [-0.39, 0.29) is 50.2 Å². The second-order valence-electron chi connectivity index (χ2n) is 27.9. The molecular formula is C90H74B2N2O2. The molecule has 0 spiro atoms. The van der Waals surface area contributed by atoms with Crippen LogP contribution >= 0.6 is 0 Å². The van der Waals surface area contributed by atoms with Crippen molar-refractivity contribution in [2.45, 2.75) is 78.6 Å². The van der Waals surface area contributed by atoms with Crippen molar-refractivity contribution < 1.29 is 38.3 Å². The van der Waals surface area contributed by atoms with Crippen molar-refractivity contribution in [3.8, 4) is 89.8 Å². The minimum Gasteiger partial charge on any atom is -0.459 e. The summed E-state index contributed by atoms with van der Waals surface area (Å²) in [6, 6.07) is 34.9. The summed E-state index contributed by atoms with van der Waals surface area (Å²) in [5.74, 6) is -1.54. The van der Waals surface area contributed by atoms with E-state index in [9.17, 15) is 26.0 Å². The highest BCUT2D eigenvalue weighted by molar-refractivity contribution is 7.03. The molecule has 0 fully saturated rings. The molecule has 4 nitrogen and oxygen atoms in total. The quantitative estimate of drug-likeness (QED) is 0.142. The number of nitrogens with zero attached hydrogens (tertiary/aromatic N) is 2. The largest absolute Gasteiger partial charge is 0.459 e. The minimum absolute atomic E-state index is 0.0455. The van der Waals surface area contributed by atoms with Crippen LogP contribution in [0.2, 0.25) is 0 Å². The van der Waals surface area contributed by atoms with E-state index in [2.05, 4.69) is 65.8 Å². The molecule has 462 valence electrons. The third-order valence-corrected chi connectivity index (χ3v) is 18.9. The molecule has 17 rings (SSSR count). The molecule has 0 N–H and O–H groups in total. The molecule has 0 bridgehead atoms. The monoisotopic (exact) mass is 1260 g/mol. The molecule has 13 aromatic rings. The average Bonchev–Trinajstić information content (AvgIpc) is 0.661. The number of hydrogen-bond donors (Lipinski definition) is 0. The molecule has 0 aliphatic carbocycles. The number of hydrogen-bond acceptors (Lipinski definition) is 4. The van der Waals surface area contributed by atoms with Crippen molar-refractivity contribution in [2.24, 2.45) is 0 Å². The van der Waals surface area contributed by atoms with E-state index in [1.54, 1.807) is 0 Å². The first-order chi connectivity index (χ1) is 55.3. The molecule has 0 atom stereocenters. The lowest BCUT2D eigenvalue weighted by molar-refractivity contribution is 0.467. The second kappa shape index (κ2) is 22.4. The summed E-state index contributed by atoms with van der Waals surface area (Å²) in [7, 11) is 0. The molecule has 0 radical (unpaired) electrons. The molecule has 0 unspecified atom stereocenters. The van der Waals surface area contributed by atoms with Crippen LogP contribution in [-0.4, -0.2) is 13.4 Å². The van der Waals surface area contributed by atoms with Gasteiger partial charge < -0.3 is 19.3 Å². The third-order valence-electron chi connectivity index (χ3n) is 18.9. The predicted octanol–water partition coefficient (Wildman–Crippen LogP) is 20.4. The highest BCUT2D eigenvalue weighted by Gasteiger charge is 2.52. The molecule has 4 aliphatic heterocycles. The van der Waals surface area contributed by atoms with E-state index in [1.807, 2.05) is 164 Å². The van der Waals surface area contributed by atoms with Gasteiger partial charge in [0.25, 0.3) is 13.4 Å². The molecule has 4 aliphatic rings. The van der Waals surface area contributed by atoms with Crippen molar-refractivity contribution in [3.63, 3.8) is 0 Å². The van der Waals surface area contributed by atoms with E-state index >= 15 is 0 Å². The second-order valence-corrected chi connectivity index (χ2v) is 27.9. The van der Waals surface area contributed by atoms with Gasteiger partial charge in [0.1, 0.15) is 23.0 Å². The Balaban J connectivity index is 1.21. The predicted molar refractivity (Wildman–Crippen MR) is 407 cm³/mol. The first-order valence-corrected chi connectivity index (χ1v) is 32.2.